The Kier molecular flexibility index (Phi) is 6.31. The Balaban J connectivity index is 1.43. The number of aryl methyl sites for hydroxylation is 1. The van der Waals surface area contributed by atoms with Gasteiger partial charge < -0.3 is 14.6 Å². The Labute approximate surface area is 192 Å². The molecule has 0 unspecified atom stereocenters. The number of anilines is 1. The van der Waals surface area contributed by atoms with Gasteiger partial charge in [-0.1, -0.05) is 12.1 Å². The average Bonchev–Trinajstić information content (AvgIpc) is 3.10. The van der Waals surface area contributed by atoms with Crippen LogP contribution in [0.2, 0.25) is 0 Å². The van der Waals surface area contributed by atoms with E-state index < -0.39 is 21.7 Å². The highest BCUT2D eigenvalue weighted by molar-refractivity contribution is 7.89. The van der Waals surface area contributed by atoms with Gasteiger partial charge in [-0.15, -0.1) is 0 Å². The molecule has 176 valence electrons. The third kappa shape index (κ3) is 4.67. The van der Waals surface area contributed by atoms with E-state index in [1.165, 1.54) is 21.0 Å². The van der Waals surface area contributed by atoms with Crippen LogP contribution < -0.4 is 16.0 Å². The summed E-state index contributed by atoms with van der Waals surface area (Å²) in [5.41, 5.74) is 2.79. The molecule has 10 heteroatoms. The molecule has 0 spiro atoms. The second-order valence-corrected chi connectivity index (χ2v) is 10.5. The first-order valence-corrected chi connectivity index (χ1v) is 12.2. The van der Waals surface area contributed by atoms with Gasteiger partial charge in [0.1, 0.15) is 0 Å². The van der Waals surface area contributed by atoms with E-state index in [1.807, 2.05) is 43.3 Å². The Bertz CT molecular complexity index is 1330. The van der Waals surface area contributed by atoms with E-state index in [0.29, 0.717) is 31.4 Å². The molecule has 3 aromatic rings. The van der Waals surface area contributed by atoms with Gasteiger partial charge in [-0.25, -0.2) is 13.2 Å². The van der Waals surface area contributed by atoms with Crippen molar-refractivity contribution in [1.82, 2.24) is 14.2 Å². The third-order valence-electron chi connectivity index (χ3n) is 6.08. The number of aromatic nitrogens is 1. The normalized spacial score (nSPS) is 17.2. The number of nitrogens with one attached hydrogen (secondary N) is 1. The van der Waals surface area contributed by atoms with Crippen LogP contribution >= 0.6 is 0 Å². The quantitative estimate of drug-likeness (QED) is 0.588. The molecule has 0 bridgehead atoms. The molecular formula is C23H28N4O5S. The number of hydrogen-bond acceptors (Lipinski definition) is 6. The highest BCUT2D eigenvalue weighted by atomic mass is 32.2. The van der Waals surface area contributed by atoms with Gasteiger partial charge in [0.25, 0.3) is 0 Å². The van der Waals surface area contributed by atoms with E-state index in [-0.39, 0.29) is 22.9 Å². The molecule has 0 radical (unpaired) electrons. The fourth-order valence-electron chi connectivity index (χ4n) is 4.04. The number of fused-ring (bicyclic) bond motifs is 1. The summed E-state index contributed by atoms with van der Waals surface area (Å²) < 4.78 is 34.2. The van der Waals surface area contributed by atoms with Gasteiger partial charge in [-0.05, 0) is 42.7 Å². The fourth-order valence-corrected chi connectivity index (χ4v) is 5.58. The number of sulfonamides is 1. The van der Waals surface area contributed by atoms with E-state index in [2.05, 4.69) is 5.32 Å². The molecule has 4 rings (SSSR count). The van der Waals surface area contributed by atoms with Gasteiger partial charge in [0.2, 0.25) is 15.9 Å². The summed E-state index contributed by atoms with van der Waals surface area (Å²) >= 11 is 0. The lowest BCUT2D eigenvalue weighted by atomic mass is 9.99. The smallest absolute Gasteiger partial charge is 0.408 e. The molecule has 1 aromatic heterocycles. The van der Waals surface area contributed by atoms with E-state index >= 15 is 0 Å². The van der Waals surface area contributed by atoms with Crippen molar-refractivity contribution < 1.29 is 17.6 Å². The molecular weight excluding hydrogens is 444 g/mol. The third-order valence-corrected chi connectivity index (χ3v) is 7.94. The van der Waals surface area contributed by atoms with Crippen LogP contribution in [0.15, 0.2) is 56.6 Å². The highest BCUT2D eigenvalue weighted by Crippen LogP contribution is 2.26. The van der Waals surface area contributed by atoms with Gasteiger partial charge in [0.15, 0.2) is 5.58 Å². The maximum Gasteiger partial charge on any atom is 0.419 e. The molecule has 0 aliphatic carbocycles. The molecule has 1 atom stereocenters. The number of nitrogens with zero attached hydrogens (tertiary/aromatic N) is 3. The van der Waals surface area contributed by atoms with E-state index in [4.69, 9.17) is 4.42 Å². The minimum atomic E-state index is -3.83. The van der Waals surface area contributed by atoms with Crippen molar-refractivity contribution in [1.29, 1.82) is 0 Å². The minimum absolute atomic E-state index is 0.0476. The van der Waals surface area contributed by atoms with Crippen LogP contribution in [0.1, 0.15) is 18.4 Å². The van der Waals surface area contributed by atoms with Gasteiger partial charge in [-0.3, -0.25) is 9.36 Å². The summed E-state index contributed by atoms with van der Waals surface area (Å²) in [5, 5.41) is 2.94. The van der Waals surface area contributed by atoms with Crippen molar-refractivity contribution in [2.24, 2.45) is 13.0 Å². The topological polar surface area (TPSA) is 105 Å². The van der Waals surface area contributed by atoms with Crippen LogP contribution in [0.4, 0.5) is 5.69 Å². The van der Waals surface area contributed by atoms with Crippen molar-refractivity contribution in [2.45, 2.75) is 24.3 Å². The Morgan fingerprint density at radius 3 is 2.61 bits per heavy atom. The number of carbonyl (C=O) groups excluding carboxylic acids is 1. The zero-order valence-corrected chi connectivity index (χ0v) is 19.8. The summed E-state index contributed by atoms with van der Waals surface area (Å²) in [4.78, 5) is 26.5. The summed E-state index contributed by atoms with van der Waals surface area (Å²) in [6.07, 6.45) is 1.22. The summed E-state index contributed by atoms with van der Waals surface area (Å²) in [7, 11) is 1.67. The first-order chi connectivity index (χ1) is 15.7. The number of benzene rings is 2. The first kappa shape index (κ1) is 23.1. The molecule has 1 aliphatic heterocycles. The first-order valence-electron chi connectivity index (χ1n) is 10.8. The summed E-state index contributed by atoms with van der Waals surface area (Å²) in [6.45, 7) is 0.846. The molecule has 2 heterocycles. The molecule has 1 aliphatic rings. The van der Waals surface area contributed by atoms with Crippen molar-refractivity contribution in [3.05, 3.63) is 58.6 Å². The van der Waals surface area contributed by atoms with Gasteiger partial charge in [0, 0.05) is 52.5 Å². The second-order valence-electron chi connectivity index (χ2n) is 8.54. The zero-order valence-electron chi connectivity index (χ0n) is 18.9. The minimum Gasteiger partial charge on any atom is -0.408 e. The van der Waals surface area contributed by atoms with Crippen molar-refractivity contribution in [3.63, 3.8) is 0 Å². The molecule has 9 nitrogen and oxygen atoms in total. The molecule has 1 N–H and O–H groups in total. The lowest BCUT2D eigenvalue weighted by Gasteiger charge is -2.31. The van der Waals surface area contributed by atoms with Crippen molar-refractivity contribution >= 4 is 32.7 Å². The molecule has 1 saturated heterocycles. The van der Waals surface area contributed by atoms with E-state index in [0.717, 1.165) is 11.3 Å². The molecule has 1 amide bonds. The predicted molar refractivity (Wildman–Crippen MR) is 126 cm³/mol. The highest BCUT2D eigenvalue weighted by Gasteiger charge is 2.33. The lowest BCUT2D eigenvalue weighted by Crippen LogP contribution is -2.45. The number of hydrogen-bond donors (Lipinski definition) is 1. The van der Waals surface area contributed by atoms with Gasteiger partial charge in [-0.2, -0.15) is 4.31 Å². The number of piperidine rings is 1. The van der Waals surface area contributed by atoms with Crippen LogP contribution in [0.5, 0.6) is 0 Å². The van der Waals surface area contributed by atoms with Gasteiger partial charge >= 0.3 is 5.76 Å². The van der Waals surface area contributed by atoms with E-state index in [9.17, 15) is 18.0 Å². The molecule has 1 fully saturated rings. The maximum atomic E-state index is 13.2. The number of carbonyl (C=O) groups is 1. The summed E-state index contributed by atoms with van der Waals surface area (Å²) in [6, 6.07) is 12.3. The monoisotopic (exact) mass is 472 g/mol. The van der Waals surface area contributed by atoms with Crippen LogP contribution in [-0.4, -0.2) is 50.4 Å². The molecule has 33 heavy (non-hydrogen) atoms. The maximum absolute atomic E-state index is 13.2. The summed E-state index contributed by atoms with van der Waals surface area (Å²) in [5.74, 6) is -1.13. The number of rotatable bonds is 6. The lowest BCUT2D eigenvalue weighted by molar-refractivity contribution is -0.126. The number of amides is 1. The van der Waals surface area contributed by atoms with Crippen molar-refractivity contribution in [2.75, 3.05) is 32.1 Å². The number of oxazole rings is 1. The second kappa shape index (κ2) is 9.03. The Hall–Kier alpha value is -3.11. The molecule has 0 saturated carbocycles. The molecule has 2 aromatic carbocycles. The predicted octanol–water partition coefficient (Wildman–Crippen LogP) is 1.91. The Morgan fingerprint density at radius 2 is 1.91 bits per heavy atom. The SMILES string of the molecule is CN(C)c1ccc(CNC(=O)[C@H]2CCCN(S(=O)(=O)c3ccc4c(c3)oc(=O)n4C)C2)cc1. The van der Waals surface area contributed by atoms with Crippen molar-refractivity contribution in [3.8, 4) is 0 Å². The van der Waals surface area contributed by atoms with Crippen LogP contribution in [0, 0.1) is 5.92 Å². The Morgan fingerprint density at radius 1 is 1.18 bits per heavy atom. The van der Waals surface area contributed by atoms with E-state index in [1.54, 1.807) is 13.1 Å². The zero-order chi connectivity index (χ0) is 23.8. The standard InChI is InChI=1S/C23H28N4O5S/c1-25(2)18-8-6-16(7-9-18)14-24-22(28)17-5-4-12-27(15-17)33(30,31)19-10-11-20-21(13-19)32-23(29)26(20)3/h6-11,13,17H,4-5,12,14-15H2,1-3H3,(H,24,28)/t17-/m0/s1. The van der Waals surface area contributed by atoms with Crippen LogP contribution in [-0.2, 0) is 28.4 Å². The van der Waals surface area contributed by atoms with Gasteiger partial charge in [0.05, 0.1) is 16.3 Å². The average molecular weight is 473 g/mol. The fraction of sp³-hybridized carbons (Fsp3) is 0.391. The largest absolute Gasteiger partial charge is 0.419 e. The van der Waals surface area contributed by atoms with Crippen LogP contribution in [0.25, 0.3) is 11.1 Å². The van der Waals surface area contributed by atoms with Crippen LogP contribution in [0.3, 0.4) is 0 Å².